The Hall–Kier alpha value is -2.89. The van der Waals surface area contributed by atoms with Crippen LogP contribution in [-0.2, 0) is 9.59 Å². The maximum atomic E-state index is 13.6. The van der Waals surface area contributed by atoms with Gasteiger partial charge in [-0.1, -0.05) is 42.8 Å². The molecule has 6 heteroatoms. The molecule has 2 fully saturated rings. The summed E-state index contributed by atoms with van der Waals surface area (Å²) in [5, 5.41) is 0. The van der Waals surface area contributed by atoms with Crippen molar-refractivity contribution < 1.29 is 9.59 Å². The molecule has 2 atom stereocenters. The Morgan fingerprint density at radius 2 is 2.09 bits per heavy atom. The van der Waals surface area contributed by atoms with Gasteiger partial charge in [0, 0.05) is 26.6 Å². The third kappa shape index (κ3) is 4.00. The predicted molar refractivity (Wildman–Crippen MR) is 130 cm³/mol. The van der Waals surface area contributed by atoms with Gasteiger partial charge >= 0.3 is 0 Å². The van der Waals surface area contributed by atoms with Crippen molar-refractivity contribution in [3.63, 3.8) is 0 Å². The van der Waals surface area contributed by atoms with Crippen LogP contribution in [0, 0.1) is 5.92 Å². The fourth-order valence-corrected chi connectivity index (χ4v) is 5.60. The predicted octanol–water partition coefficient (Wildman–Crippen LogP) is 3.84. The van der Waals surface area contributed by atoms with E-state index in [0.29, 0.717) is 19.0 Å². The molecule has 2 unspecified atom stereocenters. The molecule has 1 aromatic rings. The Labute approximate surface area is 196 Å². The molecule has 1 saturated heterocycles. The van der Waals surface area contributed by atoms with E-state index in [2.05, 4.69) is 41.4 Å². The number of rotatable bonds is 5. The van der Waals surface area contributed by atoms with Crippen molar-refractivity contribution in [2.75, 3.05) is 19.6 Å². The zero-order valence-corrected chi connectivity index (χ0v) is 19.7. The molecule has 1 aromatic carbocycles. The van der Waals surface area contributed by atoms with Gasteiger partial charge < -0.3 is 10.6 Å². The van der Waals surface area contributed by atoms with Crippen LogP contribution in [0.4, 0.5) is 0 Å². The molecule has 33 heavy (non-hydrogen) atoms. The number of carbonyl (C=O) groups is 2. The number of guanidine groups is 1. The highest BCUT2D eigenvalue weighted by Gasteiger charge is 2.47. The number of hydrogen-bond donors (Lipinski definition) is 1. The summed E-state index contributed by atoms with van der Waals surface area (Å²) in [5.41, 5.74) is 10.2. The van der Waals surface area contributed by atoms with Crippen LogP contribution >= 0.6 is 0 Å². The molecule has 0 aromatic heterocycles. The SMILES string of the molecule is CC(=O)N1CCC(CN2C(=O)C(C)(C3=CCCC(c4cccc(C5CCC5)c4)=C3)N=C2N)C1. The number of amides is 2. The Balaban J connectivity index is 1.34. The van der Waals surface area contributed by atoms with E-state index < -0.39 is 5.54 Å². The number of carbonyl (C=O) groups excluding carboxylic acids is 2. The van der Waals surface area contributed by atoms with E-state index in [4.69, 9.17) is 5.73 Å². The van der Waals surface area contributed by atoms with Crippen LogP contribution in [0.15, 0.2) is 47.0 Å². The molecule has 2 aliphatic carbocycles. The van der Waals surface area contributed by atoms with Crippen molar-refractivity contribution in [2.45, 2.75) is 63.8 Å². The van der Waals surface area contributed by atoms with Crippen LogP contribution in [0.5, 0.6) is 0 Å². The van der Waals surface area contributed by atoms with Gasteiger partial charge in [0.05, 0.1) is 0 Å². The zero-order valence-electron chi connectivity index (χ0n) is 19.7. The van der Waals surface area contributed by atoms with E-state index in [9.17, 15) is 9.59 Å². The minimum Gasteiger partial charge on any atom is -0.369 e. The Morgan fingerprint density at radius 3 is 2.79 bits per heavy atom. The highest BCUT2D eigenvalue weighted by molar-refractivity contribution is 6.09. The summed E-state index contributed by atoms with van der Waals surface area (Å²) in [4.78, 5) is 33.4. The van der Waals surface area contributed by atoms with Crippen molar-refractivity contribution in [1.29, 1.82) is 0 Å². The average molecular weight is 447 g/mol. The van der Waals surface area contributed by atoms with Gasteiger partial charge in [0.25, 0.3) is 5.91 Å². The van der Waals surface area contributed by atoms with Crippen molar-refractivity contribution in [1.82, 2.24) is 9.80 Å². The molecular weight excluding hydrogens is 412 g/mol. The molecule has 2 amide bonds. The molecule has 5 rings (SSSR count). The molecule has 2 heterocycles. The minimum atomic E-state index is -0.986. The quantitative estimate of drug-likeness (QED) is 0.746. The van der Waals surface area contributed by atoms with E-state index in [1.165, 1.54) is 36.0 Å². The van der Waals surface area contributed by atoms with E-state index >= 15 is 0 Å². The molecule has 2 N–H and O–H groups in total. The molecule has 6 nitrogen and oxygen atoms in total. The first-order valence-electron chi connectivity index (χ1n) is 12.3. The van der Waals surface area contributed by atoms with Crippen LogP contribution in [0.25, 0.3) is 5.57 Å². The topological polar surface area (TPSA) is 79.0 Å². The Morgan fingerprint density at radius 1 is 1.27 bits per heavy atom. The largest absolute Gasteiger partial charge is 0.369 e. The second kappa shape index (κ2) is 8.47. The number of likely N-dealkylation sites (tertiary alicyclic amines) is 1. The molecule has 0 spiro atoms. The van der Waals surface area contributed by atoms with Crippen LogP contribution in [-0.4, -0.2) is 52.7 Å². The molecule has 4 aliphatic rings. The summed E-state index contributed by atoms with van der Waals surface area (Å²) in [6.45, 7) is 5.41. The first-order chi connectivity index (χ1) is 15.8. The summed E-state index contributed by atoms with van der Waals surface area (Å²) in [7, 11) is 0. The molecule has 174 valence electrons. The van der Waals surface area contributed by atoms with E-state index in [0.717, 1.165) is 31.4 Å². The van der Waals surface area contributed by atoms with E-state index in [1.54, 1.807) is 11.8 Å². The number of nitrogens with zero attached hydrogens (tertiary/aromatic N) is 3. The Kier molecular flexibility index (Phi) is 5.63. The molecule has 2 aliphatic heterocycles. The number of allylic oxidation sites excluding steroid dienone is 2. The lowest BCUT2D eigenvalue weighted by Gasteiger charge is -2.28. The summed E-state index contributed by atoms with van der Waals surface area (Å²) < 4.78 is 0. The van der Waals surface area contributed by atoms with Crippen LogP contribution < -0.4 is 5.73 Å². The lowest BCUT2D eigenvalue weighted by atomic mass is 9.78. The van der Waals surface area contributed by atoms with Crippen LogP contribution in [0.3, 0.4) is 0 Å². The van der Waals surface area contributed by atoms with E-state index in [1.807, 2.05) is 11.8 Å². The molecular formula is C27H34N4O2. The summed E-state index contributed by atoms with van der Waals surface area (Å²) >= 11 is 0. The third-order valence-corrected chi connectivity index (χ3v) is 7.95. The van der Waals surface area contributed by atoms with E-state index in [-0.39, 0.29) is 23.7 Å². The van der Waals surface area contributed by atoms with Crippen molar-refractivity contribution in [3.05, 3.63) is 53.1 Å². The van der Waals surface area contributed by atoms with Gasteiger partial charge in [0.2, 0.25) is 5.91 Å². The second-order valence-electron chi connectivity index (χ2n) is 10.2. The summed E-state index contributed by atoms with van der Waals surface area (Å²) in [5.74, 6) is 1.24. The fraction of sp³-hybridized carbons (Fsp3) is 0.519. The molecule has 1 saturated carbocycles. The highest BCUT2D eigenvalue weighted by atomic mass is 16.2. The lowest BCUT2D eigenvalue weighted by molar-refractivity contribution is -0.129. The van der Waals surface area contributed by atoms with Crippen molar-refractivity contribution in [3.8, 4) is 0 Å². The first-order valence-corrected chi connectivity index (χ1v) is 12.3. The Bertz CT molecular complexity index is 1070. The average Bonchev–Trinajstić information content (AvgIpc) is 3.32. The van der Waals surface area contributed by atoms with Crippen LogP contribution in [0.1, 0.15) is 69.4 Å². The number of aliphatic imine (C=N–C) groups is 1. The first kappa shape index (κ1) is 21.9. The van der Waals surface area contributed by atoms with Gasteiger partial charge in [-0.15, -0.1) is 0 Å². The summed E-state index contributed by atoms with van der Waals surface area (Å²) in [6.07, 6.45) is 11.0. The monoisotopic (exact) mass is 446 g/mol. The van der Waals surface area contributed by atoms with Crippen molar-refractivity contribution in [2.24, 2.45) is 16.6 Å². The maximum Gasteiger partial charge on any atom is 0.261 e. The number of nitrogens with two attached hydrogens (primary N) is 1. The minimum absolute atomic E-state index is 0.0618. The van der Waals surface area contributed by atoms with Crippen LogP contribution in [0.2, 0.25) is 0 Å². The van der Waals surface area contributed by atoms with Gasteiger partial charge in [-0.05, 0) is 73.1 Å². The lowest BCUT2D eigenvalue weighted by Crippen LogP contribution is -2.46. The molecule has 0 radical (unpaired) electrons. The normalized spacial score (nSPS) is 27.9. The highest BCUT2D eigenvalue weighted by Crippen LogP contribution is 2.40. The van der Waals surface area contributed by atoms with Gasteiger partial charge in [-0.25, -0.2) is 4.99 Å². The maximum absolute atomic E-state index is 13.6. The van der Waals surface area contributed by atoms with Gasteiger partial charge in [0.1, 0.15) is 0 Å². The second-order valence-corrected chi connectivity index (χ2v) is 10.2. The fourth-order valence-electron chi connectivity index (χ4n) is 5.60. The smallest absolute Gasteiger partial charge is 0.261 e. The molecule has 0 bridgehead atoms. The standard InChI is InChI=1S/C27H34N4O2/c1-18(32)30-13-12-19(16-30)17-31-25(33)27(2,29-26(31)28)24-11-5-10-23(15-24)22-9-4-8-21(14-22)20-6-3-7-20/h4,8-9,11,14-15,19-20H,3,5-7,10,12-13,16-17H2,1-2H3,(H2,28,29). The number of benzene rings is 1. The van der Waals surface area contributed by atoms with Gasteiger partial charge in [-0.3, -0.25) is 14.5 Å². The third-order valence-electron chi connectivity index (χ3n) is 7.95. The van der Waals surface area contributed by atoms with Crippen molar-refractivity contribution >= 4 is 23.3 Å². The van der Waals surface area contributed by atoms with Gasteiger partial charge in [0.15, 0.2) is 11.5 Å². The zero-order chi connectivity index (χ0) is 23.2. The van der Waals surface area contributed by atoms with Gasteiger partial charge in [-0.2, -0.15) is 0 Å². The number of hydrogen-bond acceptors (Lipinski definition) is 4. The summed E-state index contributed by atoms with van der Waals surface area (Å²) in [6, 6.07) is 8.92.